The van der Waals surface area contributed by atoms with Gasteiger partial charge in [0.1, 0.15) is 5.60 Å². The normalized spacial score (nSPS) is 17.0. The van der Waals surface area contributed by atoms with Gasteiger partial charge in [-0.2, -0.15) is 0 Å². The lowest BCUT2D eigenvalue weighted by Gasteiger charge is -2.28. The molecule has 0 N–H and O–H groups in total. The second-order valence-corrected chi connectivity index (χ2v) is 7.70. The lowest BCUT2D eigenvalue weighted by atomic mass is 9.95. The van der Waals surface area contributed by atoms with E-state index in [9.17, 15) is 4.79 Å². The number of amides is 1. The minimum Gasteiger partial charge on any atom is -0.444 e. The zero-order valence-electron chi connectivity index (χ0n) is 15.8. The van der Waals surface area contributed by atoms with Crippen LogP contribution in [0.1, 0.15) is 44.7 Å². The van der Waals surface area contributed by atoms with E-state index < -0.39 is 5.60 Å². The van der Waals surface area contributed by atoms with Crippen molar-refractivity contribution in [3.63, 3.8) is 0 Å². The van der Waals surface area contributed by atoms with Crippen LogP contribution in [-0.2, 0) is 4.74 Å². The highest BCUT2D eigenvalue weighted by atomic mass is 16.6. The van der Waals surface area contributed by atoms with Crippen LogP contribution in [0.15, 0.2) is 66.7 Å². The lowest BCUT2D eigenvalue weighted by molar-refractivity contribution is 0.0256. The first kappa shape index (κ1) is 18.2. The summed E-state index contributed by atoms with van der Waals surface area (Å²) >= 11 is 0. The van der Waals surface area contributed by atoms with Gasteiger partial charge in [0.25, 0.3) is 0 Å². The first-order valence-electron chi connectivity index (χ1n) is 9.26. The third kappa shape index (κ3) is 4.54. The van der Waals surface area contributed by atoms with Crippen LogP contribution in [0, 0.1) is 0 Å². The maximum absolute atomic E-state index is 12.6. The van der Waals surface area contributed by atoms with E-state index in [-0.39, 0.29) is 12.1 Å². The summed E-state index contributed by atoms with van der Waals surface area (Å²) in [4.78, 5) is 14.5. The predicted octanol–water partition coefficient (Wildman–Crippen LogP) is 5.52. The Hall–Kier alpha value is -2.55. The summed E-state index contributed by atoms with van der Waals surface area (Å²) in [6.07, 6.45) is 3.96. The smallest absolute Gasteiger partial charge is 0.410 e. The summed E-state index contributed by atoms with van der Waals surface area (Å²) in [5.41, 5.74) is 3.01. The summed E-state index contributed by atoms with van der Waals surface area (Å²) in [6.45, 7) is 6.47. The summed E-state index contributed by atoms with van der Waals surface area (Å²) < 4.78 is 5.60. The Balaban J connectivity index is 1.93. The molecule has 0 bridgehead atoms. The molecule has 1 heterocycles. The molecule has 1 aliphatic heterocycles. The number of hydrogen-bond acceptors (Lipinski definition) is 2. The minimum atomic E-state index is -0.477. The van der Waals surface area contributed by atoms with Crippen LogP contribution in [0.5, 0.6) is 0 Å². The van der Waals surface area contributed by atoms with E-state index in [2.05, 4.69) is 30.3 Å². The number of carbonyl (C=O) groups excluding carboxylic acids is 1. The van der Waals surface area contributed by atoms with Crippen molar-refractivity contribution in [2.45, 2.75) is 45.3 Å². The van der Waals surface area contributed by atoms with Gasteiger partial charge in [0.15, 0.2) is 0 Å². The molecule has 2 aromatic rings. The summed E-state index contributed by atoms with van der Waals surface area (Å²) in [6, 6.07) is 20.8. The molecule has 1 saturated heterocycles. The van der Waals surface area contributed by atoms with Crippen molar-refractivity contribution in [1.29, 1.82) is 0 Å². The highest BCUT2D eigenvalue weighted by Crippen LogP contribution is 2.29. The summed E-state index contributed by atoms with van der Waals surface area (Å²) in [5.74, 6) is 0. The van der Waals surface area contributed by atoms with Gasteiger partial charge in [0.05, 0.1) is 6.04 Å². The minimum absolute atomic E-state index is 0.0558. The zero-order valence-corrected chi connectivity index (χ0v) is 15.8. The number of ether oxygens (including phenoxy) is 1. The molecule has 26 heavy (non-hydrogen) atoms. The number of likely N-dealkylation sites (tertiary alicyclic amines) is 1. The molecule has 1 aliphatic rings. The second-order valence-electron chi connectivity index (χ2n) is 7.70. The van der Waals surface area contributed by atoms with Crippen molar-refractivity contribution in [2.24, 2.45) is 0 Å². The fourth-order valence-corrected chi connectivity index (χ4v) is 3.30. The van der Waals surface area contributed by atoms with E-state index in [4.69, 9.17) is 4.74 Å². The molecule has 0 aromatic heterocycles. The van der Waals surface area contributed by atoms with Gasteiger partial charge in [-0.3, -0.25) is 0 Å². The van der Waals surface area contributed by atoms with E-state index in [0.717, 1.165) is 36.1 Å². The first-order chi connectivity index (χ1) is 12.4. The van der Waals surface area contributed by atoms with Crippen molar-refractivity contribution in [3.05, 3.63) is 77.9 Å². The number of benzene rings is 2. The molecule has 0 unspecified atom stereocenters. The molecule has 0 spiro atoms. The van der Waals surface area contributed by atoms with Crippen LogP contribution in [0.4, 0.5) is 4.79 Å². The largest absolute Gasteiger partial charge is 0.444 e. The topological polar surface area (TPSA) is 29.5 Å². The molecular weight excluding hydrogens is 322 g/mol. The Bertz CT molecular complexity index is 718. The SMILES string of the molecule is CC(C)(C)OC(=O)N1CCC[C@H]1C=C(c1ccccc1)c1ccccc1. The van der Waals surface area contributed by atoms with Gasteiger partial charge in [-0.1, -0.05) is 66.7 Å². The fourth-order valence-electron chi connectivity index (χ4n) is 3.30. The van der Waals surface area contributed by atoms with Gasteiger partial charge in [-0.15, -0.1) is 0 Å². The van der Waals surface area contributed by atoms with Crippen LogP contribution in [0.3, 0.4) is 0 Å². The van der Waals surface area contributed by atoms with Crippen molar-refractivity contribution in [1.82, 2.24) is 4.90 Å². The molecule has 1 atom stereocenters. The van der Waals surface area contributed by atoms with Crippen molar-refractivity contribution < 1.29 is 9.53 Å². The van der Waals surface area contributed by atoms with Gasteiger partial charge < -0.3 is 9.64 Å². The average Bonchev–Trinajstić information content (AvgIpc) is 3.08. The van der Waals surface area contributed by atoms with E-state index >= 15 is 0 Å². The standard InChI is InChI=1S/C23H27NO2/c1-23(2,3)26-22(25)24-16-10-15-20(24)17-21(18-11-6-4-7-12-18)19-13-8-5-9-14-19/h4-9,11-14,17,20H,10,15-16H2,1-3H3/t20-/m0/s1. The quantitative estimate of drug-likeness (QED) is 0.730. The molecule has 1 amide bonds. The molecule has 0 saturated carbocycles. The van der Waals surface area contributed by atoms with E-state index in [1.807, 2.05) is 62.1 Å². The maximum atomic E-state index is 12.6. The van der Waals surface area contributed by atoms with Gasteiger partial charge in [0, 0.05) is 6.54 Å². The third-order valence-electron chi connectivity index (χ3n) is 4.46. The zero-order chi connectivity index (χ0) is 18.6. The highest BCUT2D eigenvalue weighted by molar-refractivity contribution is 5.81. The molecule has 3 nitrogen and oxygen atoms in total. The predicted molar refractivity (Wildman–Crippen MR) is 106 cm³/mol. The van der Waals surface area contributed by atoms with Gasteiger partial charge in [-0.25, -0.2) is 4.79 Å². The monoisotopic (exact) mass is 349 g/mol. The number of hydrogen-bond donors (Lipinski definition) is 0. The lowest BCUT2D eigenvalue weighted by Crippen LogP contribution is -2.39. The van der Waals surface area contributed by atoms with E-state index in [1.54, 1.807) is 0 Å². The Morgan fingerprint density at radius 1 is 1.00 bits per heavy atom. The fraction of sp³-hybridized carbons (Fsp3) is 0.348. The Morgan fingerprint density at radius 3 is 2.04 bits per heavy atom. The molecule has 1 fully saturated rings. The molecular formula is C23H27NO2. The Labute approximate surface area is 156 Å². The van der Waals surface area contributed by atoms with E-state index in [0.29, 0.717) is 0 Å². The third-order valence-corrected chi connectivity index (χ3v) is 4.46. The molecule has 0 radical (unpaired) electrons. The summed E-state index contributed by atoms with van der Waals surface area (Å²) in [7, 11) is 0. The molecule has 3 rings (SSSR count). The van der Waals surface area contributed by atoms with Crippen molar-refractivity contribution in [3.8, 4) is 0 Å². The second kappa shape index (κ2) is 7.77. The van der Waals surface area contributed by atoms with Gasteiger partial charge in [0.2, 0.25) is 0 Å². The number of carbonyl (C=O) groups is 1. The maximum Gasteiger partial charge on any atom is 0.410 e. The number of nitrogens with zero attached hydrogens (tertiary/aromatic N) is 1. The Morgan fingerprint density at radius 2 is 1.54 bits per heavy atom. The highest BCUT2D eigenvalue weighted by Gasteiger charge is 2.31. The van der Waals surface area contributed by atoms with Crippen LogP contribution in [0.2, 0.25) is 0 Å². The van der Waals surface area contributed by atoms with Crippen molar-refractivity contribution >= 4 is 11.7 Å². The van der Waals surface area contributed by atoms with Crippen LogP contribution < -0.4 is 0 Å². The van der Waals surface area contributed by atoms with Gasteiger partial charge in [-0.05, 0) is 50.3 Å². The van der Waals surface area contributed by atoms with Crippen LogP contribution in [0.25, 0.3) is 5.57 Å². The average molecular weight is 349 g/mol. The molecule has 136 valence electrons. The number of rotatable bonds is 3. The molecule has 0 aliphatic carbocycles. The van der Waals surface area contributed by atoms with E-state index in [1.165, 1.54) is 0 Å². The van der Waals surface area contributed by atoms with Gasteiger partial charge >= 0.3 is 6.09 Å². The Kier molecular flexibility index (Phi) is 5.46. The van der Waals surface area contributed by atoms with Crippen LogP contribution >= 0.6 is 0 Å². The van der Waals surface area contributed by atoms with Crippen molar-refractivity contribution in [2.75, 3.05) is 6.54 Å². The van der Waals surface area contributed by atoms with Crippen LogP contribution in [-0.4, -0.2) is 29.2 Å². The molecule has 3 heteroatoms. The molecule has 2 aromatic carbocycles. The summed E-state index contributed by atoms with van der Waals surface area (Å²) in [5, 5.41) is 0. The first-order valence-corrected chi connectivity index (χ1v) is 9.26.